The van der Waals surface area contributed by atoms with Crippen LogP contribution in [0.15, 0.2) is 42.0 Å². The topological polar surface area (TPSA) is 29.1 Å². The van der Waals surface area contributed by atoms with E-state index in [-0.39, 0.29) is 0 Å². The van der Waals surface area contributed by atoms with E-state index in [1.165, 1.54) is 16.7 Å². The summed E-state index contributed by atoms with van der Waals surface area (Å²) < 4.78 is 0. The molecule has 0 heterocycles. The minimum Gasteiger partial charge on any atom is -0.355 e. The molecule has 0 bridgehead atoms. The van der Waals surface area contributed by atoms with E-state index < -0.39 is 0 Å². The van der Waals surface area contributed by atoms with Gasteiger partial charge in [0.1, 0.15) is 0 Å². The Kier molecular flexibility index (Phi) is 5.21. The first-order valence-electron chi connectivity index (χ1n) is 5.75. The highest BCUT2D eigenvalue weighted by molar-refractivity contribution is 5.76. The molecule has 0 aliphatic carbocycles. The highest BCUT2D eigenvalue weighted by Gasteiger charge is 2.00. The van der Waals surface area contributed by atoms with Gasteiger partial charge in [-0.25, -0.2) is 0 Å². The van der Waals surface area contributed by atoms with Gasteiger partial charge in [-0.3, -0.25) is 4.79 Å². The molecule has 0 aromatic heterocycles. The summed E-state index contributed by atoms with van der Waals surface area (Å²) in [5.41, 5.74) is 4.86. The van der Waals surface area contributed by atoms with Crippen molar-refractivity contribution < 1.29 is 4.79 Å². The van der Waals surface area contributed by atoms with E-state index in [1.807, 2.05) is 25.1 Å². The lowest BCUT2D eigenvalue weighted by atomic mass is 10.00. The van der Waals surface area contributed by atoms with Crippen molar-refractivity contribution in [2.75, 3.05) is 0 Å². The lowest BCUT2D eigenvalue weighted by Gasteiger charge is -2.07. The summed E-state index contributed by atoms with van der Waals surface area (Å²) >= 11 is 0. The largest absolute Gasteiger partial charge is 0.355 e. The maximum absolute atomic E-state index is 10.2. The fraction of sp³-hybridized carbons (Fsp3) is 0.267. The molecule has 0 radical (unpaired) electrons. The van der Waals surface area contributed by atoms with Crippen LogP contribution in [-0.4, -0.2) is 6.41 Å². The van der Waals surface area contributed by atoms with Crippen LogP contribution in [0.3, 0.4) is 0 Å². The summed E-state index contributed by atoms with van der Waals surface area (Å²) in [6.07, 6.45) is 4.88. The van der Waals surface area contributed by atoms with Crippen LogP contribution in [0.4, 0.5) is 0 Å². The number of amides is 1. The van der Waals surface area contributed by atoms with Crippen LogP contribution in [0.25, 0.3) is 5.57 Å². The molecule has 2 heteroatoms. The molecule has 0 unspecified atom stereocenters. The zero-order valence-electron chi connectivity index (χ0n) is 10.7. The number of nitrogens with one attached hydrogen (secondary N) is 1. The van der Waals surface area contributed by atoms with Crippen LogP contribution >= 0.6 is 0 Å². The fourth-order valence-corrected chi connectivity index (χ4v) is 1.68. The third kappa shape index (κ3) is 3.91. The highest BCUT2D eigenvalue weighted by atomic mass is 16.1. The average molecular weight is 229 g/mol. The van der Waals surface area contributed by atoms with Crippen molar-refractivity contribution in [1.82, 2.24) is 5.32 Å². The summed E-state index contributed by atoms with van der Waals surface area (Å²) in [6.45, 7) is 6.82. The first-order chi connectivity index (χ1) is 8.19. The van der Waals surface area contributed by atoms with E-state index in [4.69, 9.17) is 0 Å². The molecule has 90 valence electrons. The maximum Gasteiger partial charge on any atom is 0.207 e. The molecule has 0 atom stereocenters. The summed E-state index contributed by atoms with van der Waals surface area (Å²) in [5, 5.41) is 2.65. The van der Waals surface area contributed by atoms with Gasteiger partial charge in [0.15, 0.2) is 0 Å². The molecule has 0 saturated carbocycles. The van der Waals surface area contributed by atoms with Gasteiger partial charge >= 0.3 is 0 Å². The van der Waals surface area contributed by atoms with Crippen molar-refractivity contribution in [1.29, 1.82) is 0 Å². The van der Waals surface area contributed by atoms with Gasteiger partial charge in [-0.1, -0.05) is 42.0 Å². The molecule has 0 aliphatic heterocycles. The van der Waals surface area contributed by atoms with Crippen LogP contribution in [0.5, 0.6) is 0 Å². The van der Waals surface area contributed by atoms with E-state index in [2.05, 4.69) is 37.4 Å². The van der Waals surface area contributed by atoms with Gasteiger partial charge in [-0.05, 0) is 37.5 Å². The molecule has 1 aromatic carbocycles. The zero-order valence-corrected chi connectivity index (χ0v) is 10.7. The van der Waals surface area contributed by atoms with E-state index >= 15 is 0 Å². The summed E-state index contributed by atoms with van der Waals surface area (Å²) in [6, 6.07) is 8.25. The molecule has 17 heavy (non-hydrogen) atoms. The Morgan fingerprint density at radius 3 is 2.35 bits per heavy atom. The number of rotatable bonds is 5. The van der Waals surface area contributed by atoms with Crippen molar-refractivity contribution in [3.05, 3.63) is 53.1 Å². The smallest absolute Gasteiger partial charge is 0.207 e. The molecule has 1 rings (SSSR count). The Bertz CT molecular complexity index is 423. The molecule has 0 fully saturated rings. The minimum atomic E-state index is 0.581. The monoisotopic (exact) mass is 229 g/mol. The third-order valence-electron chi connectivity index (χ3n) is 2.53. The van der Waals surface area contributed by atoms with Gasteiger partial charge in [0.05, 0.1) is 0 Å². The Morgan fingerprint density at radius 2 is 1.88 bits per heavy atom. The first-order valence-corrected chi connectivity index (χ1v) is 5.75. The molecule has 0 aliphatic rings. The Balaban J connectivity index is 2.93. The molecule has 1 N–H and O–H groups in total. The third-order valence-corrected chi connectivity index (χ3v) is 2.53. The highest BCUT2D eigenvalue weighted by Crippen LogP contribution is 2.20. The zero-order chi connectivity index (χ0) is 12.7. The van der Waals surface area contributed by atoms with Gasteiger partial charge < -0.3 is 5.32 Å². The molecular weight excluding hydrogens is 210 g/mol. The number of benzene rings is 1. The molecule has 1 amide bonds. The van der Waals surface area contributed by atoms with Crippen molar-refractivity contribution in [3.63, 3.8) is 0 Å². The predicted molar refractivity (Wildman–Crippen MR) is 72.4 cm³/mol. The van der Waals surface area contributed by atoms with Crippen LogP contribution in [0.2, 0.25) is 0 Å². The van der Waals surface area contributed by atoms with Crippen molar-refractivity contribution in [2.45, 2.75) is 27.3 Å². The van der Waals surface area contributed by atoms with Gasteiger partial charge in [-0.15, -0.1) is 0 Å². The quantitative estimate of drug-likeness (QED) is 0.609. The Labute approximate surface area is 103 Å². The lowest BCUT2D eigenvalue weighted by molar-refractivity contribution is -0.109. The minimum absolute atomic E-state index is 0.581. The molecule has 1 aromatic rings. The van der Waals surface area contributed by atoms with Crippen LogP contribution in [0.1, 0.15) is 31.9 Å². The van der Waals surface area contributed by atoms with Crippen molar-refractivity contribution in [2.24, 2.45) is 0 Å². The molecule has 2 nitrogen and oxygen atoms in total. The van der Waals surface area contributed by atoms with Gasteiger partial charge in [0.25, 0.3) is 0 Å². The number of hydrogen-bond acceptors (Lipinski definition) is 1. The lowest BCUT2D eigenvalue weighted by Crippen LogP contribution is -2.09. The normalized spacial score (nSPS) is 10.3. The SMILES string of the molecule is C/C=C/C(=C(C)C)c1ccc(CNC=O)cc1. The van der Waals surface area contributed by atoms with E-state index in [9.17, 15) is 4.79 Å². The summed E-state index contributed by atoms with van der Waals surface area (Å²) in [7, 11) is 0. The van der Waals surface area contributed by atoms with Crippen molar-refractivity contribution in [3.8, 4) is 0 Å². The van der Waals surface area contributed by atoms with Gasteiger partial charge in [0, 0.05) is 6.54 Å². The van der Waals surface area contributed by atoms with Crippen LogP contribution < -0.4 is 5.32 Å². The average Bonchev–Trinajstić information content (AvgIpc) is 2.34. The maximum atomic E-state index is 10.2. The number of carbonyl (C=O) groups excluding carboxylic acids is 1. The van der Waals surface area contributed by atoms with Crippen LogP contribution in [0, 0.1) is 0 Å². The van der Waals surface area contributed by atoms with Crippen molar-refractivity contribution >= 4 is 12.0 Å². The molecule has 0 spiro atoms. The number of allylic oxidation sites excluding steroid dienone is 4. The second kappa shape index (κ2) is 6.69. The fourth-order valence-electron chi connectivity index (χ4n) is 1.68. The predicted octanol–water partition coefficient (Wildman–Crippen LogP) is 3.30. The molecular formula is C15H19NO. The van der Waals surface area contributed by atoms with E-state index in [0.717, 1.165) is 12.0 Å². The second-order valence-electron chi connectivity index (χ2n) is 4.11. The van der Waals surface area contributed by atoms with Gasteiger partial charge in [-0.2, -0.15) is 0 Å². The Hall–Kier alpha value is -1.83. The number of carbonyl (C=O) groups is 1. The molecule has 0 saturated heterocycles. The second-order valence-corrected chi connectivity index (χ2v) is 4.11. The number of hydrogen-bond donors (Lipinski definition) is 1. The van der Waals surface area contributed by atoms with Gasteiger partial charge in [0.2, 0.25) is 6.41 Å². The summed E-state index contributed by atoms with van der Waals surface area (Å²) in [5.74, 6) is 0. The first kappa shape index (κ1) is 13.2. The van der Waals surface area contributed by atoms with E-state index in [0.29, 0.717) is 6.54 Å². The van der Waals surface area contributed by atoms with Crippen LogP contribution in [-0.2, 0) is 11.3 Å². The standard InChI is InChI=1S/C15H19NO/c1-4-5-15(12(2)3)14-8-6-13(7-9-14)10-16-11-17/h4-9,11H,10H2,1-3H3,(H,16,17)/b5-4+. The Morgan fingerprint density at radius 1 is 1.24 bits per heavy atom. The summed E-state index contributed by atoms with van der Waals surface area (Å²) in [4.78, 5) is 10.2. The van der Waals surface area contributed by atoms with E-state index in [1.54, 1.807) is 0 Å².